The number of fused-ring (bicyclic) bond motifs is 2. The van der Waals surface area contributed by atoms with Crippen LogP contribution in [0.4, 0.5) is 4.39 Å². The van der Waals surface area contributed by atoms with E-state index in [0.29, 0.717) is 5.65 Å². The first-order chi connectivity index (χ1) is 10.7. The Bertz CT molecular complexity index is 895. The minimum Gasteiger partial charge on any atom is -0.304 e. The van der Waals surface area contributed by atoms with Crippen molar-refractivity contribution in [2.75, 3.05) is 0 Å². The number of halogens is 1. The maximum absolute atomic E-state index is 14.2. The maximum atomic E-state index is 14.2. The molecule has 0 aromatic carbocycles. The number of aromatic nitrogens is 4. The molecule has 3 aromatic heterocycles. The predicted octanol–water partition coefficient (Wildman–Crippen LogP) is 3.34. The molecular weight excluding hydrogens is 279 g/mol. The highest BCUT2D eigenvalue weighted by molar-refractivity contribution is 5.81. The van der Waals surface area contributed by atoms with Crippen LogP contribution in [0.15, 0.2) is 36.9 Å². The topological polar surface area (TPSA) is 43.1 Å². The van der Waals surface area contributed by atoms with Gasteiger partial charge in [0.15, 0.2) is 11.5 Å². The molecule has 5 heteroatoms. The van der Waals surface area contributed by atoms with Gasteiger partial charge >= 0.3 is 0 Å². The summed E-state index contributed by atoms with van der Waals surface area (Å²) in [5.41, 5.74) is 4.23. The molecule has 0 bridgehead atoms. The quantitative estimate of drug-likeness (QED) is 0.691. The van der Waals surface area contributed by atoms with Crippen molar-refractivity contribution in [2.24, 2.45) is 0 Å². The molecule has 3 heterocycles. The summed E-state index contributed by atoms with van der Waals surface area (Å²) >= 11 is 0. The predicted molar refractivity (Wildman–Crippen MR) is 81.9 cm³/mol. The molecule has 0 unspecified atom stereocenters. The van der Waals surface area contributed by atoms with Crippen molar-refractivity contribution in [1.29, 1.82) is 0 Å². The van der Waals surface area contributed by atoms with Crippen LogP contribution in [0.2, 0.25) is 0 Å². The first-order valence-corrected chi connectivity index (χ1v) is 7.38. The molecule has 0 spiro atoms. The molecule has 110 valence electrons. The van der Waals surface area contributed by atoms with Crippen LogP contribution >= 0.6 is 0 Å². The fraction of sp³-hybridized carbons (Fsp3) is 0.235. The van der Waals surface area contributed by atoms with E-state index in [9.17, 15) is 4.39 Å². The van der Waals surface area contributed by atoms with E-state index in [1.165, 1.54) is 0 Å². The molecule has 3 aromatic rings. The summed E-state index contributed by atoms with van der Waals surface area (Å²) in [5, 5.41) is 0. The zero-order valence-electron chi connectivity index (χ0n) is 12.3. The van der Waals surface area contributed by atoms with Gasteiger partial charge in [-0.1, -0.05) is 6.08 Å². The molecule has 1 aliphatic carbocycles. The third-order valence-electron chi connectivity index (χ3n) is 4.00. The summed E-state index contributed by atoms with van der Waals surface area (Å²) in [4.78, 5) is 12.9. The van der Waals surface area contributed by atoms with E-state index >= 15 is 0 Å². The van der Waals surface area contributed by atoms with E-state index in [0.717, 1.165) is 47.5 Å². The lowest BCUT2D eigenvalue weighted by atomic mass is 9.99. The molecule has 0 radical (unpaired) electrons. The molecular formula is C17H15FN4. The maximum Gasteiger partial charge on any atom is 0.173 e. The number of pyridine rings is 1. The molecule has 0 amide bonds. The number of imidazole rings is 1. The summed E-state index contributed by atoms with van der Waals surface area (Å²) in [5.74, 6) is 0.457. The Balaban J connectivity index is 1.92. The third kappa shape index (κ3) is 2.09. The smallest absolute Gasteiger partial charge is 0.173 e. The Morgan fingerprint density at radius 2 is 2.18 bits per heavy atom. The summed E-state index contributed by atoms with van der Waals surface area (Å²) < 4.78 is 15.9. The zero-order chi connectivity index (χ0) is 15.1. The molecule has 0 saturated carbocycles. The lowest BCUT2D eigenvalue weighted by Crippen LogP contribution is -2.02. The van der Waals surface area contributed by atoms with Gasteiger partial charge in [0, 0.05) is 35.9 Å². The fourth-order valence-corrected chi connectivity index (χ4v) is 2.97. The molecule has 0 N–H and O–H groups in total. The number of aryl methyl sites for hydroxylation is 2. The summed E-state index contributed by atoms with van der Waals surface area (Å²) in [6, 6.07) is 1.54. The van der Waals surface area contributed by atoms with Crippen molar-refractivity contribution in [3.8, 4) is 0 Å². The molecule has 4 nitrogen and oxygen atoms in total. The Kier molecular flexibility index (Phi) is 2.99. The van der Waals surface area contributed by atoms with E-state index in [-0.39, 0.29) is 5.82 Å². The zero-order valence-corrected chi connectivity index (χ0v) is 12.3. The van der Waals surface area contributed by atoms with E-state index < -0.39 is 0 Å². The molecule has 0 atom stereocenters. The minimum atomic E-state index is -0.317. The number of nitrogens with zero attached hydrogens (tertiary/aromatic N) is 4. The van der Waals surface area contributed by atoms with Crippen LogP contribution in [0.1, 0.15) is 35.5 Å². The Labute approximate surface area is 127 Å². The van der Waals surface area contributed by atoms with Crippen LogP contribution in [-0.2, 0) is 6.42 Å². The number of hydrogen-bond donors (Lipinski definition) is 0. The number of allylic oxidation sites excluding steroid dienone is 1. The van der Waals surface area contributed by atoms with Crippen molar-refractivity contribution < 1.29 is 4.39 Å². The highest BCUT2D eigenvalue weighted by Gasteiger charge is 2.17. The Morgan fingerprint density at radius 1 is 1.27 bits per heavy atom. The molecule has 0 saturated heterocycles. The first kappa shape index (κ1) is 13.1. The summed E-state index contributed by atoms with van der Waals surface area (Å²) in [6.45, 7) is 1.89. The van der Waals surface area contributed by atoms with Gasteiger partial charge in [0.2, 0.25) is 0 Å². The van der Waals surface area contributed by atoms with Crippen LogP contribution in [0.25, 0.3) is 11.2 Å². The lowest BCUT2D eigenvalue weighted by Gasteiger charge is -2.11. The van der Waals surface area contributed by atoms with Gasteiger partial charge in [-0.25, -0.2) is 19.3 Å². The molecule has 0 fully saturated rings. The third-order valence-corrected chi connectivity index (χ3v) is 4.00. The monoisotopic (exact) mass is 294 g/mol. The average molecular weight is 294 g/mol. The van der Waals surface area contributed by atoms with Crippen LogP contribution < -0.4 is 0 Å². The summed E-state index contributed by atoms with van der Waals surface area (Å²) in [7, 11) is 0. The Hall–Kier alpha value is -2.56. The van der Waals surface area contributed by atoms with Crippen molar-refractivity contribution in [2.45, 2.75) is 26.2 Å². The van der Waals surface area contributed by atoms with Gasteiger partial charge < -0.3 is 4.40 Å². The normalized spacial score (nSPS) is 14.5. The van der Waals surface area contributed by atoms with Crippen molar-refractivity contribution >= 4 is 11.2 Å². The first-order valence-electron chi connectivity index (χ1n) is 7.38. The average Bonchev–Trinajstić information content (AvgIpc) is 2.88. The highest BCUT2D eigenvalue weighted by Crippen LogP contribution is 2.30. The molecule has 4 rings (SSSR count). The minimum absolute atomic E-state index is 0.317. The van der Waals surface area contributed by atoms with E-state index in [2.05, 4.69) is 21.0 Å². The molecule has 1 aliphatic rings. The Morgan fingerprint density at radius 3 is 3.09 bits per heavy atom. The van der Waals surface area contributed by atoms with Gasteiger partial charge in [-0.3, -0.25) is 0 Å². The number of rotatable bonds is 1. The van der Waals surface area contributed by atoms with Gasteiger partial charge in [-0.15, -0.1) is 0 Å². The van der Waals surface area contributed by atoms with Crippen LogP contribution in [0.5, 0.6) is 0 Å². The van der Waals surface area contributed by atoms with Gasteiger partial charge in [0.1, 0.15) is 5.82 Å². The highest BCUT2D eigenvalue weighted by atomic mass is 19.1. The van der Waals surface area contributed by atoms with Crippen LogP contribution in [0, 0.1) is 12.7 Å². The second-order valence-corrected chi connectivity index (χ2v) is 5.52. The van der Waals surface area contributed by atoms with Crippen molar-refractivity contribution in [1.82, 2.24) is 19.4 Å². The van der Waals surface area contributed by atoms with E-state index in [1.807, 2.05) is 19.3 Å². The van der Waals surface area contributed by atoms with Gasteiger partial charge in [0.05, 0.1) is 5.69 Å². The van der Waals surface area contributed by atoms with E-state index in [4.69, 9.17) is 0 Å². The lowest BCUT2D eigenvalue weighted by molar-refractivity contribution is 0.629. The van der Waals surface area contributed by atoms with Crippen molar-refractivity contribution in [3.05, 3.63) is 65.4 Å². The second kappa shape index (κ2) is 5.02. The molecule has 0 aliphatic heterocycles. The van der Waals surface area contributed by atoms with Gasteiger partial charge in [0.25, 0.3) is 0 Å². The van der Waals surface area contributed by atoms with Gasteiger partial charge in [-0.05, 0) is 37.8 Å². The second-order valence-electron chi connectivity index (χ2n) is 5.52. The van der Waals surface area contributed by atoms with Crippen molar-refractivity contribution in [3.63, 3.8) is 0 Å². The number of hydrogen-bond acceptors (Lipinski definition) is 3. The van der Waals surface area contributed by atoms with Crippen LogP contribution in [-0.4, -0.2) is 19.4 Å². The standard InChI is InChI=1S/C17H15FN4/c1-11-20-9-14-13(4-2-3-5-16(14)21-11)12-8-15(18)17-19-6-7-22(17)10-12/h4,6-10H,2-3,5H2,1H3. The van der Waals surface area contributed by atoms with E-state index in [1.54, 1.807) is 22.9 Å². The molecule has 22 heavy (non-hydrogen) atoms. The largest absolute Gasteiger partial charge is 0.304 e. The summed E-state index contributed by atoms with van der Waals surface area (Å²) in [6.07, 6.45) is 12.2. The SMILES string of the molecule is Cc1ncc2c(n1)CCCC=C2c1cc(F)c2nccn2c1. The fourth-order valence-electron chi connectivity index (χ4n) is 2.97. The van der Waals surface area contributed by atoms with Gasteiger partial charge in [-0.2, -0.15) is 0 Å². The van der Waals surface area contributed by atoms with Crippen LogP contribution in [0.3, 0.4) is 0 Å².